The molecule has 0 aliphatic heterocycles. The van der Waals surface area contributed by atoms with E-state index in [4.69, 9.17) is 5.73 Å². The summed E-state index contributed by atoms with van der Waals surface area (Å²) in [5.74, 6) is 0.771. The third-order valence-corrected chi connectivity index (χ3v) is 2.76. The van der Waals surface area contributed by atoms with Gasteiger partial charge in [-0.1, -0.05) is 44.2 Å². The van der Waals surface area contributed by atoms with Crippen LogP contribution < -0.4 is 5.73 Å². The fourth-order valence-electron chi connectivity index (χ4n) is 1.69. The van der Waals surface area contributed by atoms with E-state index >= 15 is 0 Å². The quantitative estimate of drug-likeness (QED) is 0.757. The van der Waals surface area contributed by atoms with Gasteiger partial charge in [0.25, 0.3) is 0 Å². The van der Waals surface area contributed by atoms with Gasteiger partial charge >= 0.3 is 0 Å². The minimum atomic E-state index is 0.368. The molecule has 2 N–H and O–H groups in total. The Morgan fingerprint density at radius 3 is 2.27 bits per heavy atom. The Hall–Kier alpha value is -0.820. The predicted octanol–water partition coefficient (Wildman–Crippen LogP) is 3.38. The zero-order valence-electron chi connectivity index (χ0n) is 9.95. The average Bonchev–Trinajstić information content (AvgIpc) is 2.25. The molecule has 15 heavy (non-hydrogen) atoms. The topological polar surface area (TPSA) is 26.0 Å². The van der Waals surface area contributed by atoms with Crippen LogP contribution in [0.4, 0.5) is 0 Å². The molecule has 1 nitrogen and oxygen atoms in total. The highest BCUT2D eigenvalue weighted by molar-refractivity contribution is 5.14. The summed E-state index contributed by atoms with van der Waals surface area (Å²) >= 11 is 0. The molecule has 0 heterocycles. The fourth-order valence-corrected chi connectivity index (χ4v) is 1.69. The lowest BCUT2D eigenvalue weighted by atomic mass is 9.99. The number of aryl methyl sites for hydroxylation is 1. The largest absolute Gasteiger partial charge is 0.328 e. The summed E-state index contributed by atoms with van der Waals surface area (Å²) in [6, 6.07) is 11.0. The van der Waals surface area contributed by atoms with Crippen LogP contribution in [0, 0.1) is 5.92 Å². The Morgan fingerprint density at radius 1 is 1.00 bits per heavy atom. The standard InChI is InChI=1S/C14H23N/c1-12(2)8-10-14(15)11-9-13-6-4-3-5-7-13/h3-7,12,14H,8-11,15H2,1-2H3. The third-order valence-electron chi connectivity index (χ3n) is 2.76. The van der Waals surface area contributed by atoms with E-state index in [0.717, 1.165) is 25.2 Å². The van der Waals surface area contributed by atoms with Crippen molar-refractivity contribution in [2.45, 2.75) is 45.6 Å². The van der Waals surface area contributed by atoms with Crippen LogP contribution in [0.3, 0.4) is 0 Å². The van der Waals surface area contributed by atoms with Crippen LogP contribution in [-0.4, -0.2) is 6.04 Å². The molecule has 1 heteroatoms. The number of rotatable bonds is 6. The highest BCUT2D eigenvalue weighted by atomic mass is 14.6. The maximum absolute atomic E-state index is 6.07. The van der Waals surface area contributed by atoms with Crippen LogP contribution >= 0.6 is 0 Å². The molecule has 1 unspecified atom stereocenters. The Bertz CT molecular complexity index is 253. The monoisotopic (exact) mass is 205 g/mol. The van der Waals surface area contributed by atoms with E-state index in [1.165, 1.54) is 12.0 Å². The maximum atomic E-state index is 6.07. The second kappa shape index (κ2) is 6.62. The zero-order valence-corrected chi connectivity index (χ0v) is 9.95. The van der Waals surface area contributed by atoms with Gasteiger partial charge in [-0.25, -0.2) is 0 Å². The summed E-state index contributed by atoms with van der Waals surface area (Å²) in [6.07, 6.45) is 4.62. The van der Waals surface area contributed by atoms with Gasteiger partial charge in [-0.15, -0.1) is 0 Å². The number of hydrogen-bond acceptors (Lipinski definition) is 1. The van der Waals surface area contributed by atoms with E-state index in [1.54, 1.807) is 0 Å². The Balaban J connectivity index is 2.19. The number of hydrogen-bond donors (Lipinski definition) is 1. The van der Waals surface area contributed by atoms with Crippen LogP contribution in [-0.2, 0) is 6.42 Å². The molecule has 0 saturated heterocycles. The molecule has 0 aliphatic rings. The molecule has 0 aliphatic carbocycles. The van der Waals surface area contributed by atoms with E-state index < -0.39 is 0 Å². The van der Waals surface area contributed by atoms with Gasteiger partial charge in [0.1, 0.15) is 0 Å². The van der Waals surface area contributed by atoms with Crippen molar-refractivity contribution in [3.63, 3.8) is 0 Å². The Labute approximate surface area is 93.7 Å². The smallest absolute Gasteiger partial charge is 0.00420 e. The molecule has 0 aromatic heterocycles. The van der Waals surface area contributed by atoms with Crippen molar-refractivity contribution < 1.29 is 0 Å². The lowest BCUT2D eigenvalue weighted by molar-refractivity contribution is 0.478. The molecule has 0 radical (unpaired) electrons. The molecule has 0 fully saturated rings. The lowest BCUT2D eigenvalue weighted by Crippen LogP contribution is -2.21. The van der Waals surface area contributed by atoms with Crippen molar-refractivity contribution in [2.24, 2.45) is 11.7 Å². The van der Waals surface area contributed by atoms with Crippen molar-refractivity contribution >= 4 is 0 Å². The molecular weight excluding hydrogens is 182 g/mol. The zero-order chi connectivity index (χ0) is 11.1. The molecule has 0 saturated carbocycles. The van der Waals surface area contributed by atoms with Crippen LogP contribution in [0.15, 0.2) is 30.3 Å². The van der Waals surface area contributed by atoms with Crippen LogP contribution in [0.1, 0.15) is 38.7 Å². The molecule has 1 rings (SSSR count). The molecule has 0 bridgehead atoms. The van der Waals surface area contributed by atoms with Gasteiger partial charge in [-0.05, 0) is 37.2 Å². The van der Waals surface area contributed by atoms with Crippen LogP contribution in [0.2, 0.25) is 0 Å². The molecular formula is C14H23N. The van der Waals surface area contributed by atoms with E-state index in [1.807, 2.05) is 0 Å². The second-order valence-electron chi connectivity index (χ2n) is 4.76. The average molecular weight is 205 g/mol. The van der Waals surface area contributed by atoms with E-state index in [0.29, 0.717) is 6.04 Å². The SMILES string of the molecule is CC(C)CCC(N)CCc1ccccc1. The summed E-state index contributed by atoms with van der Waals surface area (Å²) in [7, 11) is 0. The summed E-state index contributed by atoms with van der Waals surface area (Å²) in [4.78, 5) is 0. The van der Waals surface area contributed by atoms with Crippen LogP contribution in [0.5, 0.6) is 0 Å². The molecule has 1 aromatic carbocycles. The summed E-state index contributed by atoms with van der Waals surface area (Å²) in [5.41, 5.74) is 7.47. The Kier molecular flexibility index (Phi) is 5.41. The van der Waals surface area contributed by atoms with Crippen molar-refractivity contribution in [2.75, 3.05) is 0 Å². The van der Waals surface area contributed by atoms with Crippen LogP contribution in [0.25, 0.3) is 0 Å². The van der Waals surface area contributed by atoms with E-state index in [-0.39, 0.29) is 0 Å². The lowest BCUT2D eigenvalue weighted by Gasteiger charge is -2.12. The van der Waals surface area contributed by atoms with E-state index in [2.05, 4.69) is 44.2 Å². The highest BCUT2D eigenvalue weighted by Gasteiger charge is 2.04. The van der Waals surface area contributed by atoms with Gasteiger partial charge in [0.05, 0.1) is 0 Å². The third kappa shape index (κ3) is 5.58. The minimum absolute atomic E-state index is 0.368. The summed E-state index contributed by atoms with van der Waals surface area (Å²) in [5, 5.41) is 0. The number of benzene rings is 1. The van der Waals surface area contributed by atoms with Crippen molar-refractivity contribution in [1.29, 1.82) is 0 Å². The van der Waals surface area contributed by atoms with Gasteiger partial charge in [-0.2, -0.15) is 0 Å². The first-order valence-electron chi connectivity index (χ1n) is 5.98. The van der Waals surface area contributed by atoms with Crippen molar-refractivity contribution in [1.82, 2.24) is 0 Å². The molecule has 1 aromatic rings. The van der Waals surface area contributed by atoms with Crippen molar-refractivity contribution in [3.05, 3.63) is 35.9 Å². The predicted molar refractivity (Wildman–Crippen MR) is 66.8 cm³/mol. The first-order valence-corrected chi connectivity index (χ1v) is 5.98. The number of nitrogens with two attached hydrogens (primary N) is 1. The van der Waals surface area contributed by atoms with E-state index in [9.17, 15) is 0 Å². The van der Waals surface area contributed by atoms with Gasteiger partial charge in [-0.3, -0.25) is 0 Å². The maximum Gasteiger partial charge on any atom is 0.00420 e. The van der Waals surface area contributed by atoms with Gasteiger partial charge in [0.15, 0.2) is 0 Å². The molecule has 0 amide bonds. The van der Waals surface area contributed by atoms with Gasteiger partial charge in [0.2, 0.25) is 0 Å². The molecule has 0 spiro atoms. The normalized spacial score (nSPS) is 13.1. The second-order valence-corrected chi connectivity index (χ2v) is 4.76. The summed E-state index contributed by atoms with van der Waals surface area (Å²) < 4.78 is 0. The first kappa shape index (κ1) is 12.3. The van der Waals surface area contributed by atoms with Gasteiger partial charge < -0.3 is 5.73 Å². The molecule has 1 atom stereocenters. The highest BCUT2D eigenvalue weighted by Crippen LogP contribution is 2.10. The minimum Gasteiger partial charge on any atom is -0.328 e. The molecule has 84 valence electrons. The van der Waals surface area contributed by atoms with Gasteiger partial charge in [0, 0.05) is 6.04 Å². The first-order chi connectivity index (χ1) is 7.18. The fraction of sp³-hybridized carbons (Fsp3) is 0.571. The Morgan fingerprint density at radius 2 is 1.67 bits per heavy atom. The van der Waals surface area contributed by atoms with Crippen molar-refractivity contribution in [3.8, 4) is 0 Å². The summed E-state index contributed by atoms with van der Waals surface area (Å²) in [6.45, 7) is 4.51.